The molecular weight excluding hydrogens is 623 g/mol. The van der Waals surface area contributed by atoms with Crippen molar-refractivity contribution in [3.63, 3.8) is 0 Å². The Hall–Kier alpha value is -5.22. The van der Waals surface area contributed by atoms with Crippen molar-refractivity contribution in [3.05, 3.63) is 124 Å². The van der Waals surface area contributed by atoms with Crippen LogP contribution >= 0.6 is 0 Å². The molecule has 4 heterocycles. The number of ether oxygens (including phenoxy) is 1. The summed E-state index contributed by atoms with van der Waals surface area (Å²) in [6.07, 6.45) is 0.403. The molecule has 9 nitrogen and oxygen atoms in total. The van der Waals surface area contributed by atoms with Crippen molar-refractivity contribution in [2.24, 2.45) is 0 Å². The summed E-state index contributed by atoms with van der Waals surface area (Å²) in [4.78, 5) is 43.1. The maximum Gasteiger partial charge on any atom is 0.258 e. The number of hydrogen-bond donors (Lipinski definition) is 2. The molecule has 250 valence electrons. The number of phenolic OH excluding ortho intramolecular Hbond substituents is 1. The zero-order valence-corrected chi connectivity index (χ0v) is 27.0. The maximum absolute atomic E-state index is 15.3. The second-order valence-electron chi connectivity index (χ2n) is 13.4. The fourth-order valence-electron chi connectivity index (χ4n) is 7.92. The van der Waals surface area contributed by atoms with Crippen LogP contribution in [0.15, 0.2) is 84.9 Å². The molecule has 0 spiro atoms. The number of hydrogen-bond acceptors (Lipinski definition) is 7. The van der Waals surface area contributed by atoms with Crippen molar-refractivity contribution in [1.82, 2.24) is 15.1 Å². The lowest BCUT2D eigenvalue weighted by Gasteiger charge is -2.37. The summed E-state index contributed by atoms with van der Waals surface area (Å²) in [7, 11) is 0. The predicted octanol–water partition coefficient (Wildman–Crippen LogP) is 4.92. The van der Waals surface area contributed by atoms with Crippen molar-refractivity contribution in [2.75, 3.05) is 37.7 Å². The summed E-state index contributed by atoms with van der Waals surface area (Å²) in [5, 5.41) is 12.4. The van der Waals surface area contributed by atoms with Gasteiger partial charge in [0.1, 0.15) is 23.4 Å². The Bertz CT molecular complexity index is 1930. The van der Waals surface area contributed by atoms with E-state index in [0.29, 0.717) is 18.7 Å². The first-order valence-electron chi connectivity index (χ1n) is 16.9. The minimum absolute atomic E-state index is 0.0270. The minimum atomic E-state index is -0.769. The van der Waals surface area contributed by atoms with Crippen LogP contribution in [0.25, 0.3) is 0 Å². The number of rotatable bonds is 6. The molecule has 10 heteroatoms. The second kappa shape index (κ2) is 12.7. The van der Waals surface area contributed by atoms with Gasteiger partial charge in [0.25, 0.3) is 5.91 Å². The first-order valence-corrected chi connectivity index (χ1v) is 16.9. The number of imide groups is 1. The number of nitrogens with zero attached hydrogens (tertiary/aromatic N) is 3. The molecule has 4 aromatic carbocycles. The van der Waals surface area contributed by atoms with Crippen LogP contribution in [-0.2, 0) is 22.7 Å². The topological polar surface area (TPSA) is 102 Å². The Labute approximate surface area is 283 Å². The molecule has 3 atom stereocenters. The fraction of sp³-hybridized carbons (Fsp3) is 0.308. The number of aromatic hydroxyl groups is 1. The van der Waals surface area contributed by atoms with Gasteiger partial charge in [-0.1, -0.05) is 54.6 Å². The van der Waals surface area contributed by atoms with Gasteiger partial charge in [-0.25, -0.2) is 4.39 Å². The van der Waals surface area contributed by atoms with Crippen molar-refractivity contribution >= 4 is 23.4 Å². The van der Waals surface area contributed by atoms with E-state index in [1.54, 1.807) is 12.1 Å². The third-order valence-corrected chi connectivity index (χ3v) is 10.4. The Morgan fingerprint density at radius 1 is 0.878 bits per heavy atom. The number of anilines is 1. The van der Waals surface area contributed by atoms with Gasteiger partial charge in [0.05, 0.1) is 12.2 Å². The lowest BCUT2D eigenvalue weighted by atomic mass is 9.76. The summed E-state index contributed by atoms with van der Waals surface area (Å²) in [5.41, 5.74) is 6.03. The summed E-state index contributed by atoms with van der Waals surface area (Å²) >= 11 is 0. The number of nitrogens with one attached hydrogen (secondary N) is 1. The van der Waals surface area contributed by atoms with E-state index in [2.05, 4.69) is 63.6 Å². The molecule has 0 aromatic heterocycles. The number of phenols is 1. The van der Waals surface area contributed by atoms with Gasteiger partial charge in [-0.2, -0.15) is 0 Å². The number of amides is 3. The van der Waals surface area contributed by atoms with Gasteiger partial charge in [-0.3, -0.25) is 24.6 Å². The SMILES string of the molecule is O=C1CCC(N2Cc3cc(CN4CCN(c5ccc([C@@H]6c7ccc(O)cc7OC[C@@H]6c6ccccc6)cc5)CC4)cc(F)c3C2=O)C(=O)N1. The van der Waals surface area contributed by atoms with Crippen LogP contribution in [-0.4, -0.2) is 71.5 Å². The Balaban J connectivity index is 0.932. The highest BCUT2D eigenvalue weighted by Gasteiger charge is 2.41. The zero-order valence-electron chi connectivity index (χ0n) is 27.0. The van der Waals surface area contributed by atoms with E-state index in [9.17, 15) is 19.5 Å². The summed E-state index contributed by atoms with van der Waals surface area (Å²) in [6, 6.07) is 27.1. The molecule has 0 radical (unpaired) electrons. The molecular formula is C39H37FN4O5. The number of carbonyl (C=O) groups is 3. The lowest BCUT2D eigenvalue weighted by molar-refractivity contribution is -0.136. The molecule has 3 amide bonds. The van der Waals surface area contributed by atoms with Crippen LogP contribution in [0.5, 0.6) is 11.5 Å². The standard InChI is InChI=1S/C39H37FN4O5/c40-32-19-24(18-27-22-44(39(48)37(27)32)33-12-13-35(46)41-38(33)47)21-42-14-16-43(17-15-42)28-8-6-26(7-9-28)36-30-11-10-29(45)20-34(30)49-23-31(36)25-4-2-1-3-5-25/h1-11,18-20,31,33,36,45H,12-17,21-23H2,(H,41,46,47)/t31-,33?,36-/m1/s1. The van der Waals surface area contributed by atoms with E-state index in [0.717, 1.165) is 48.7 Å². The number of benzene rings is 4. The van der Waals surface area contributed by atoms with Crippen LogP contribution in [0, 0.1) is 5.82 Å². The van der Waals surface area contributed by atoms with Crippen LogP contribution in [0.1, 0.15) is 62.9 Å². The highest BCUT2D eigenvalue weighted by Crippen LogP contribution is 2.47. The third-order valence-electron chi connectivity index (χ3n) is 10.4. The van der Waals surface area contributed by atoms with Crippen molar-refractivity contribution in [2.45, 2.75) is 43.8 Å². The normalized spacial score (nSPS) is 22.4. The summed E-state index contributed by atoms with van der Waals surface area (Å²) in [5.74, 6) is -0.786. The van der Waals surface area contributed by atoms with Crippen LogP contribution in [0.4, 0.5) is 10.1 Å². The lowest BCUT2D eigenvalue weighted by Crippen LogP contribution is -2.52. The predicted molar refractivity (Wildman–Crippen MR) is 181 cm³/mol. The first kappa shape index (κ1) is 31.1. The number of carbonyl (C=O) groups excluding carboxylic acids is 3. The van der Waals surface area contributed by atoms with Gasteiger partial charge in [-0.15, -0.1) is 0 Å². The van der Waals surface area contributed by atoms with Gasteiger partial charge in [-0.05, 0) is 52.9 Å². The molecule has 4 aliphatic heterocycles. The highest BCUT2D eigenvalue weighted by atomic mass is 19.1. The largest absolute Gasteiger partial charge is 0.508 e. The molecule has 1 unspecified atom stereocenters. The highest BCUT2D eigenvalue weighted by molar-refractivity contribution is 6.05. The number of piperidine rings is 1. The van der Waals surface area contributed by atoms with E-state index in [-0.39, 0.29) is 48.4 Å². The molecule has 2 fully saturated rings. The van der Waals surface area contributed by atoms with Gasteiger partial charge in [0.2, 0.25) is 11.8 Å². The van der Waals surface area contributed by atoms with E-state index < -0.39 is 23.7 Å². The quantitative estimate of drug-likeness (QED) is 0.283. The van der Waals surface area contributed by atoms with Crippen LogP contribution in [0.3, 0.4) is 0 Å². The van der Waals surface area contributed by atoms with E-state index in [1.165, 1.54) is 22.1 Å². The molecule has 0 aliphatic carbocycles. The fourth-order valence-corrected chi connectivity index (χ4v) is 7.92. The molecule has 8 rings (SSSR count). The Morgan fingerprint density at radius 3 is 2.41 bits per heavy atom. The van der Waals surface area contributed by atoms with Crippen molar-refractivity contribution in [1.29, 1.82) is 0 Å². The van der Waals surface area contributed by atoms with Crippen molar-refractivity contribution in [3.8, 4) is 11.5 Å². The van der Waals surface area contributed by atoms with E-state index >= 15 is 4.39 Å². The second-order valence-corrected chi connectivity index (χ2v) is 13.4. The monoisotopic (exact) mass is 660 g/mol. The smallest absolute Gasteiger partial charge is 0.258 e. The van der Waals surface area contributed by atoms with Crippen LogP contribution < -0.4 is 15.0 Å². The Kier molecular flexibility index (Phi) is 8.03. The average Bonchev–Trinajstić information content (AvgIpc) is 3.44. The average molecular weight is 661 g/mol. The van der Waals surface area contributed by atoms with E-state index in [1.807, 2.05) is 18.2 Å². The Morgan fingerprint density at radius 2 is 1.65 bits per heavy atom. The molecule has 2 N–H and O–H groups in total. The van der Waals surface area contributed by atoms with Gasteiger partial charge in [0, 0.05) is 74.8 Å². The third kappa shape index (κ3) is 5.90. The molecule has 2 saturated heterocycles. The van der Waals surface area contributed by atoms with Crippen molar-refractivity contribution < 1.29 is 28.6 Å². The summed E-state index contributed by atoms with van der Waals surface area (Å²) in [6.45, 7) is 4.48. The number of piperazine rings is 1. The first-order chi connectivity index (χ1) is 23.8. The molecule has 4 aliphatic rings. The van der Waals surface area contributed by atoms with Gasteiger partial charge < -0.3 is 19.6 Å². The molecule has 49 heavy (non-hydrogen) atoms. The number of halogens is 1. The number of fused-ring (bicyclic) bond motifs is 2. The molecule has 0 saturated carbocycles. The maximum atomic E-state index is 15.3. The van der Waals surface area contributed by atoms with Crippen LogP contribution in [0.2, 0.25) is 0 Å². The minimum Gasteiger partial charge on any atom is -0.508 e. The van der Waals surface area contributed by atoms with Gasteiger partial charge >= 0.3 is 0 Å². The molecule has 0 bridgehead atoms. The zero-order chi connectivity index (χ0) is 33.6. The van der Waals surface area contributed by atoms with E-state index in [4.69, 9.17) is 4.74 Å². The van der Waals surface area contributed by atoms with Gasteiger partial charge in [0.15, 0.2) is 0 Å². The molecule has 4 aromatic rings. The summed E-state index contributed by atoms with van der Waals surface area (Å²) < 4.78 is 21.4.